The molecule has 3 unspecified atom stereocenters. The van der Waals surface area contributed by atoms with Gasteiger partial charge in [-0.15, -0.1) is 0 Å². The molecule has 2 heterocycles. The summed E-state index contributed by atoms with van der Waals surface area (Å²) in [6.07, 6.45) is 1.89. The number of hydrogen-bond donors (Lipinski definition) is 2. The van der Waals surface area contributed by atoms with Crippen LogP contribution in [-0.2, 0) is 14.3 Å². The Morgan fingerprint density at radius 1 is 1.29 bits per heavy atom. The van der Waals surface area contributed by atoms with E-state index in [-0.39, 0.29) is 5.91 Å². The Kier molecular flexibility index (Phi) is 4.28. The molecule has 2 aliphatic heterocycles. The monoisotopic (exact) mass is 259 g/mol. The van der Waals surface area contributed by atoms with E-state index in [4.69, 9.17) is 9.84 Å². The maximum Gasteiger partial charge on any atom is 0.332 e. The highest BCUT2D eigenvalue weighted by molar-refractivity contribution is 8.00. The van der Waals surface area contributed by atoms with Crippen LogP contribution < -0.4 is 5.32 Å². The van der Waals surface area contributed by atoms with Crippen LogP contribution in [-0.4, -0.2) is 46.7 Å². The molecule has 17 heavy (non-hydrogen) atoms. The molecule has 96 valence electrons. The van der Waals surface area contributed by atoms with Crippen LogP contribution in [0.3, 0.4) is 0 Å². The third-order valence-corrected chi connectivity index (χ3v) is 4.51. The molecule has 3 atom stereocenters. The van der Waals surface area contributed by atoms with Gasteiger partial charge in [-0.05, 0) is 31.4 Å². The van der Waals surface area contributed by atoms with Crippen molar-refractivity contribution in [2.75, 3.05) is 12.3 Å². The molecule has 1 amide bonds. The lowest BCUT2D eigenvalue weighted by Crippen LogP contribution is -2.38. The highest BCUT2D eigenvalue weighted by atomic mass is 32.2. The SMILES string of the molecule is O=C(O)C1CCC(C(=O)NCC2CCCS2)O1. The molecule has 0 aromatic carbocycles. The normalized spacial score (nSPS) is 32.6. The van der Waals surface area contributed by atoms with Crippen molar-refractivity contribution in [2.45, 2.75) is 43.1 Å². The van der Waals surface area contributed by atoms with E-state index in [1.54, 1.807) is 0 Å². The average Bonchev–Trinajstić information content (AvgIpc) is 2.96. The smallest absolute Gasteiger partial charge is 0.332 e. The summed E-state index contributed by atoms with van der Waals surface area (Å²) in [7, 11) is 0. The number of carbonyl (C=O) groups is 2. The van der Waals surface area contributed by atoms with Crippen LogP contribution in [0.4, 0.5) is 0 Å². The first-order valence-corrected chi connectivity index (χ1v) is 6.99. The van der Waals surface area contributed by atoms with Gasteiger partial charge in [0.1, 0.15) is 6.10 Å². The van der Waals surface area contributed by atoms with Gasteiger partial charge in [0.25, 0.3) is 0 Å². The summed E-state index contributed by atoms with van der Waals surface area (Å²) in [5, 5.41) is 12.1. The summed E-state index contributed by atoms with van der Waals surface area (Å²) in [6.45, 7) is 0.668. The van der Waals surface area contributed by atoms with Gasteiger partial charge in [0.15, 0.2) is 6.10 Å². The molecule has 6 heteroatoms. The van der Waals surface area contributed by atoms with E-state index in [2.05, 4.69) is 5.32 Å². The van der Waals surface area contributed by atoms with E-state index < -0.39 is 18.2 Å². The second kappa shape index (κ2) is 5.73. The second-order valence-electron chi connectivity index (χ2n) is 4.41. The van der Waals surface area contributed by atoms with Crippen LogP contribution >= 0.6 is 11.8 Å². The number of thioether (sulfide) groups is 1. The van der Waals surface area contributed by atoms with Crippen molar-refractivity contribution in [1.82, 2.24) is 5.32 Å². The molecule has 0 radical (unpaired) electrons. The van der Waals surface area contributed by atoms with Gasteiger partial charge >= 0.3 is 5.97 Å². The number of amides is 1. The number of carbonyl (C=O) groups excluding carboxylic acids is 1. The Morgan fingerprint density at radius 3 is 2.65 bits per heavy atom. The number of nitrogens with one attached hydrogen (secondary N) is 1. The Labute approximate surface area is 104 Å². The Bertz CT molecular complexity index is 304. The maximum absolute atomic E-state index is 11.7. The van der Waals surface area contributed by atoms with E-state index in [1.807, 2.05) is 11.8 Å². The van der Waals surface area contributed by atoms with Crippen LogP contribution in [0.2, 0.25) is 0 Å². The van der Waals surface area contributed by atoms with Crippen molar-refractivity contribution in [3.05, 3.63) is 0 Å². The fourth-order valence-electron chi connectivity index (χ4n) is 2.15. The zero-order valence-corrected chi connectivity index (χ0v) is 10.4. The molecule has 2 N–H and O–H groups in total. The van der Waals surface area contributed by atoms with Crippen molar-refractivity contribution in [1.29, 1.82) is 0 Å². The van der Waals surface area contributed by atoms with Crippen LogP contribution in [0.5, 0.6) is 0 Å². The van der Waals surface area contributed by atoms with Crippen LogP contribution in [0.1, 0.15) is 25.7 Å². The summed E-state index contributed by atoms with van der Waals surface area (Å²) in [5.74, 6) is 0.0227. The number of carboxylic acids is 1. The second-order valence-corrected chi connectivity index (χ2v) is 5.82. The summed E-state index contributed by atoms with van der Waals surface area (Å²) < 4.78 is 5.18. The summed E-state index contributed by atoms with van der Waals surface area (Å²) >= 11 is 1.88. The van der Waals surface area contributed by atoms with E-state index in [1.165, 1.54) is 12.2 Å². The Morgan fingerprint density at radius 2 is 2.06 bits per heavy atom. The van der Waals surface area contributed by atoms with Gasteiger partial charge in [0.2, 0.25) is 5.91 Å². The lowest BCUT2D eigenvalue weighted by Gasteiger charge is -2.14. The molecule has 0 aromatic rings. The number of ether oxygens (including phenoxy) is 1. The first-order valence-electron chi connectivity index (χ1n) is 5.94. The topological polar surface area (TPSA) is 75.6 Å². The van der Waals surface area contributed by atoms with Crippen LogP contribution in [0.25, 0.3) is 0 Å². The minimum absolute atomic E-state index is 0.166. The first-order chi connectivity index (χ1) is 8.16. The first kappa shape index (κ1) is 12.7. The third kappa shape index (κ3) is 3.35. The standard InChI is InChI=1S/C11H17NO4S/c13-10(12-6-7-2-1-5-17-7)8-3-4-9(16-8)11(14)15/h7-9H,1-6H2,(H,12,13)(H,14,15). The molecular formula is C11H17NO4S. The Hall–Kier alpha value is -0.750. The summed E-state index contributed by atoms with van der Waals surface area (Å²) in [5.41, 5.74) is 0. The quantitative estimate of drug-likeness (QED) is 0.774. The molecule has 2 aliphatic rings. The zero-order valence-electron chi connectivity index (χ0n) is 9.55. The Balaban J connectivity index is 1.71. The largest absolute Gasteiger partial charge is 0.479 e. The van der Waals surface area contributed by atoms with Gasteiger partial charge in [0.05, 0.1) is 0 Å². The molecular weight excluding hydrogens is 242 g/mol. The zero-order chi connectivity index (χ0) is 12.3. The number of carboxylic acid groups (broad SMARTS) is 1. The van der Waals surface area contributed by atoms with E-state index >= 15 is 0 Å². The van der Waals surface area contributed by atoms with Crippen molar-refractivity contribution in [2.24, 2.45) is 0 Å². The third-order valence-electron chi connectivity index (χ3n) is 3.12. The molecule has 0 aromatic heterocycles. The van der Waals surface area contributed by atoms with Crippen molar-refractivity contribution in [3.63, 3.8) is 0 Å². The summed E-state index contributed by atoms with van der Waals surface area (Å²) in [6, 6.07) is 0. The molecule has 2 rings (SSSR count). The number of hydrogen-bond acceptors (Lipinski definition) is 4. The molecule has 5 nitrogen and oxygen atoms in total. The van der Waals surface area contributed by atoms with Gasteiger partial charge in [-0.25, -0.2) is 4.79 Å². The minimum atomic E-state index is -0.980. The van der Waals surface area contributed by atoms with Gasteiger partial charge in [-0.2, -0.15) is 11.8 Å². The molecule has 0 aliphatic carbocycles. The average molecular weight is 259 g/mol. The number of rotatable bonds is 4. The van der Waals surface area contributed by atoms with Crippen molar-refractivity contribution in [3.8, 4) is 0 Å². The molecule has 0 saturated carbocycles. The van der Waals surface area contributed by atoms with Crippen molar-refractivity contribution >= 4 is 23.6 Å². The predicted octanol–water partition coefficient (Wildman–Crippen LogP) is 0.630. The highest BCUT2D eigenvalue weighted by Crippen LogP contribution is 2.25. The van der Waals surface area contributed by atoms with E-state index in [0.29, 0.717) is 24.6 Å². The van der Waals surface area contributed by atoms with Crippen molar-refractivity contribution < 1.29 is 19.4 Å². The van der Waals surface area contributed by atoms with Gasteiger partial charge in [0, 0.05) is 11.8 Å². The molecule has 0 bridgehead atoms. The lowest BCUT2D eigenvalue weighted by molar-refractivity contribution is -0.151. The lowest BCUT2D eigenvalue weighted by atomic mass is 10.2. The maximum atomic E-state index is 11.7. The highest BCUT2D eigenvalue weighted by Gasteiger charge is 2.34. The van der Waals surface area contributed by atoms with E-state index in [0.717, 1.165) is 6.42 Å². The van der Waals surface area contributed by atoms with E-state index in [9.17, 15) is 9.59 Å². The summed E-state index contributed by atoms with van der Waals surface area (Å²) in [4.78, 5) is 22.4. The van der Waals surface area contributed by atoms with Gasteiger partial charge in [-0.1, -0.05) is 0 Å². The fraction of sp³-hybridized carbons (Fsp3) is 0.818. The molecule has 2 saturated heterocycles. The predicted molar refractivity (Wildman–Crippen MR) is 64.0 cm³/mol. The molecule has 0 spiro atoms. The fourth-order valence-corrected chi connectivity index (χ4v) is 3.35. The number of aliphatic carboxylic acids is 1. The van der Waals surface area contributed by atoms with Crippen LogP contribution in [0.15, 0.2) is 0 Å². The minimum Gasteiger partial charge on any atom is -0.479 e. The van der Waals surface area contributed by atoms with Gasteiger partial charge in [-0.3, -0.25) is 4.79 Å². The van der Waals surface area contributed by atoms with Gasteiger partial charge < -0.3 is 15.2 Å². The molecule has 2 fully saturated rings. The van der Waals surface area contributed by atoms with Crippen LogP contribution in [0, 0.1) is 0 Å².